The van der Waals surface area contributed by atoms with Gasteiger partial charge in [0.05, 0.1) is 5.75 Å². The lowest BCUT2D eigenvalue weighted by atomic mass is 9.97. The lowest BCUT2D eigenvalue weighted by Gasteiger charge is -2.30. The fourth-order valence-corrected chi connectivity index (χ4v) is 5.00. The van der Waals surface area contributed by atoms with Gasteiger partial charge in [0, 0.05) is 31.1 Å². The molecular weight excluding hydrogens is 398 g/mol. The number of sulfonamides is 1. The van der Waals surface area contributed by atoms with Gasteiger partial charge in [-0.15, -0.1) is 0 Å². The Morgan fingerprint density at radius 2 is 1.69 bits per heavy atom. The molecule has 0 aliphatic carbocycles. The molecule has 0 spiro atoms. The number of rotatable bonds is 7. The van der Waals surface area contributed by atoms with Crippen LogP contribution in [-0.4, -0.2) is 38.3 Å². The number of hydrogen-bond acceptors (Lipinski definition) is 3. The van der Waals surface area contributed by atoms with Crippen LogP contribution in [0.1, 0.15) is 24.0 Å². The lowest BCUT2D eigenvalue weighted by Crippen LogP contribution is -2.43. The molecule has 2 aromatic rings. The Bertz CT molecular complexity index is 941. The van der Waals surface area contributed by atoms with E-state index in [9.17, 15) is 22.0 Å². The van der Waals surface area contributed by atoms with Gasteiger partial charge in [0.2, 0.25) is 15.9 Å². The van der Waals surface area contributed by atoms with Gasteiger partial charge >= 0.3 is 0 Å². The molecule has 1 N–H and O–H groups in total. The largest absolute Gasteiger partial charge is 0.356 e. The number of amides is 1. The Kier molecular flexibility index (Phi) is 6.97. The van der Waals surface area contributed by atoms with Crippen molar-refractivity contribution in [2.45, 2.75) is 25.0 Å². The smallest absolute Gasteiger partial charge is 0.223 e. The van der Waals surface area contributed by atoms with Crippen molar-refractivity contribution in [3.05, 3.63) is 71.3 Å². The number of hydrogen-bond donors (Lipinski definition) is 1. The maximum absolute atomic E-state index is 13.8. The van der Waals surface area contributed by atoms with Crippen LogP contribution >= 0.6 is 0 Å². The Morgan fingerprint density at radius 1 is 1.03 bits per heavy atom. The van der Waals surface area contributed by atoms with Crippen LogP contribution in [0.3, 0.4) is 0 Å². The molecule has 1 saturated heterocycles. The Labute approximate surface area is 169 Å². The molecular formula is C21H24F2N2O3S. The van der Waals surface area contributed by atoms with E-state index in [2.05, 4.69) is 5.32 Å². The number of halogens is 2. The van der Waals surface area contributed by atoms with E-state index in [1.165, 1.54) is 34.6 Å². The summed E-state index contributed by atoms with van der Waals surface area (Å²) in [5.41, 5.74) is 1.08. The topological polar surface area (TPSA) is 66.5 Å². The highest BCUT2D eigenvalue weighted by Gasteiger charge is 2.31. The van der Waals surface area contributed by atoms with Crippen molar-refractivity contribution in [2.75, 3.05) is 19.6 Å². The van der Waals surface area contributed by atoms with E-state index in [1.807, 2.05) is 0 Å². The van der Waals surface area contributed by atoms with Crippen LogP contribution in [0.25, 0.3) is 0 Å². The van der Waals surface area contributed by atoms with Gasteiger partial charge in [-0.05, 0) is 43.0 Å². The van der Waals surface area contributed by atoms with Crippen LogP contribution in [0, 0.1) is 17.6 Å². The SMILES string of the molecule is O=C(NCCc1ccc(F)cc1)C1CCN(S(=O)(=O)Cc2ccccc2F)CC1. The van der Waals surface area contributed by atoms with Crippen molar-refractivity contribution in [3.8, 4) is 0 Å². The van der Waals surface area contributed by atoms with Crippen LogP contribution in [0.15, 0.2) is 48.5 Å². The number of benzene rings is 2. The number of nitrogens with zero attached hydrogens (tertiary/aromatic N) is 1. The average molecular weight is 422 g/mol. The molecule has 0 radical (unpaired) electrons. The number of carbonyl (C=O) groups is 1. The summed E-state index contributed by atoms with van der Waals surface area (Å²) < 4.78 is 53.1. The normalized spacial score (nSPS) is 15.9. The Balaban J connectivity index is 1.46. The molecule has 0 aromatic heterocycles. The molecule has 1 amide bonds. The summed E-state index contributed by atoms with van der Waals surface area (Å²) in [5, 5.41) is 2.87. The summed E-state index contributed by atoms with van der Waals surface area (Å²) in [4.78, 5) is 12.3. The lowest BCUT2D eigenvalue weighted by molar-refractivity contribution is -0.126. The quantitative estimate of drug-likeness (QED) is 0.746. The Morgan fingerprint density at radius 3 is 2.34 bits per heavy atom. The van der Waals surface area contributed by atoms with Gasteiger partial charge in [0.25, 0.3) is 0 Å². The van der Waals surface area contributed by atoms with Crippen molar-refractivity contribution in [1.82, 2.24) is 9.62 Å². The van der Waals surface area contributed by atoms with Crippen LogP contribution in [0.5, 0.6) is 0 Å². The molecule has 0 unspecified atom stereocenters. The van der Waals surface area contributed by atoms with Gasteiger partial charge in [-0.2, -0.15) is 0 Å². The van der Waals surface area contributed by atoms with Crippen molar-refractivity contribution >= 4 is 15.9 Å². The van der Waals surface area contributed by atoms with E-state index in [-0.39, 0.29) is 42.0 Å². The molecule has 156 valence electrons. The third-order valence-electron chi connectivity index (χ3n) is 5.14. The highest BCUT2D eigenvalue weighted by molar-refractivity contribution is 7.88. The molecule has 3 rings (SSSR count). The maximum atomic E-state index is 13.8. The van der Waals surface area contributed by atoms with E-state index in [1.54, 1.807) is 18.2 Å². The monoisotopic (exact) mass is 422 g/mol. The first-order valence-electron chi connectivity index (χ1n) is 9.58. The fourth-order valence-electron chi connectivity index (χ4n) is 3.42. The standard InChI is InChI=1S/C21H24F2N2O3S/c22-19-7-5-16(6-8-19)9-12-24-21(26)17-10-13-25(14-11-17)29(27,28)15-18-3-1-2-4-20(18)23/h1-8,17H,9-15H2,(H,24,26). The summed E-state index contributed by atoms with van der Waals surface area (Å²) >= 11 is 0. The van der Waals surface area contributed by atoms with E-state index in [4.69, 9.17) is 0 Å². The summed E-state index contributed by atoms with van der Waals surface area (Å²) in [7, 11) is -3.63. The van der Waals surface area contributed by atoms with Gasteiger partial charge in [-0.1, -0.05) is 30.3 Å². The summed E-state index contributed by atoms with van der Waals surface area (Å²) in [6.45, 7) is 0.927. The summed E-state index contributed by atoms with van der Waals surface area (Å²) in [5.74, 6) is -1.56. The van der Waals surface area contributed by atoms with Gasteiger partial charge in [-0.25, -0.2) is 21.5 Å². The first-order chi connectivity index (χ1) is 13.8. The van der Waals surface area contributed by atoms with Crippen molar-refractivity contribution < 1.29 is 22.0 Å². The molecule has 1 fully saturated rings. The van der Waals surface area contributed by atoms with Gasteiger partial charge in [0.1, 0.15) is 11.6 Å². The molecule has 5 nitrogen and oxygen atoms in total. The molecule has 29 heavy (non-hydrogen) atoms. The second kappa shape index (κ2) is 9.45. The zero-order valence-corrected chi connectivity index (χ0v) is 16.8. The summed E-state index contributed by atoms with van der Waals surface area (Å²) in [6, 6.07) is 12.0. The molecule has 0 bridgehead atoms. The summed E-state index contributed by atoms with van der Waals surface area (Å²) in [6.07, 6.45) is 1.46. The minimum absolute atomic E-state index is 0.0988. The van der Waals surface area contributed by atoms with E-state index < -0.39 is 15.8 Å². The molecule has 0 saturated carbocycles. The highest BCUT2D eigenvalue weighted by atomic mass is 32.2. The zero-order valence-electron chi connectivity index (χ0n) is 16.0. The minimum atomic E-state index is -3.63. The van der Waals surface area contributed by atoms with E-state index in [0.29, 0.717) is 25.8 Å². The van der Waals surface area contributed by atoms with Crippen LogP contribution in [0.2, 0.25) is 0 Å². The minimum Gasteiger partial charge on any atom is -0.356 e. The van der Waals surface area contributed by atoms with Crippen molar-refractivity contribution in [2.24, 2.45) is 5.92 Å². The van der Waals surface area contributed by atoms with Gasteiger partial charge < -0.3 is 5.32 Å². The van der Waals surface area contributed by atoms with Crippen LogP contribution < -0.4 is 5.32 Å². The van der Waals surface area contributed by atoms with Crippen LogP contribution in [0.4, 0.5) is 8.78 Å². The Hall–Kier alpha value is -2.32. The van der Waals surface area contributed by atoms with E-state index in [0.717, 1.165) is 5.56 Å². The number of carbonyl (C=O) groups excluding carboxylic acids is 1. The molecule has 1 heterocycles. The fraction of sp³-hybridized carbons (Fsp3) is 0.381. The van der Waals surface area contributed by atoms with Crippen molar-refractivity contribution in [3.63, 3.8) is 0 Å². The van der Waals surface area contributed by atoms with Crippen molar-refractivity contribution in [1.29, 1.82) is 0 Å². The predicted octanol–water partition coefficient (Wildman–Crippen LogP) is 2.87. The van der Waals surface area contributed by atoms with Gasteiger partial charge in [0.15, 0.2) is 0 Å². The molecule has 8 heteroatoms. The molecule has 0 atom stereocenters. The highest BCUT2D eigenvalue weighted by Crippen LogP contribution is 2.22. The first-order valence-corrected chi connectivity index (χ1v) is 11.2. The second-order valence-corrected chi connectivity index (χ2v) is 9.16. The number of nitrogens with one attached hydrogen (secondary N) is 1. The van der Waals surface area contributed by atoms with Gasteiger partial charge in [-0.3, -0.25) is 4.79 Å². The zero-order chi connectivity index (χ0) is 20.9. The third-order valence-corrected chi connectivity index (χ3v) is 6.97. The first kappa shape index (κ1) is 21.4. The van der Waals surface area contributed by atoms with E-state index >= 15 is 0 Å². The molecule has 1 aliphatic heterocycles. The molecule has 1 aliphatic rings. The third kappa shape index (κ3) is 5.83. The maximum Gasteiger partial charge on any atom is 0.223 e. The van der Waals surface area contributed by atoms with Crippen LogP contribution in [-0.2, 0) is 27.0 Å². The number of piperidine rings is 1. The average Bonchev–Trinajstić information content (AvgIpc) is 2.71. The molecule has 2 aromatic carbocycles. The predicted molar refractivity (Wildman–Crippen MR) is 106 cm³/mol. The second-order valence-electron chi connectivity index (χ2n) is 7.19.